The van der Waals surface area contributed by atoms with E-state index in [2.05, 4.69) is 10.6 Å². The minimum atomic E-state index is -0.686. The van der Waals surface area contributed by atoms with Crippen LogP contribution < -0.4 is 10.6 Å². The lowest BCUT2D eigenvalue weighted by molar-refractivity contribution is -0.136. The second-order valence-electron chi connectivity index (χ2n) is 4.61. The van der Waals surface area contributed by atoms with Crippen molar-refractivity contribution in [2.75, 3.05) is 11.9 Å². The molecule has 1 rings (SSSR count). The molecule has 0 aliphatic carbocycles. The van der Waals surface area contributed by atoms with Crippen LogP contribution in [0.5, 0.6) is 0 Å². The van der Waals surface area contributed by atoms with Crippen molar-refractivity contribution < 1.29 is 9.59 Å². The predicted molar refractivity (Wildman–Crippen MR) is 79.0 cm³/mol. The maximum atomic E-state index is 11.6. The van der Waals surface area contributed by atoms with Crippen LogP contribution in [0.4, 0.5) is 5.69 Å². The molecule has 0 heterocycles. The number of hydrogen-bond donors (Lipinski definition) is 2. The first-order chi connectivity index (χ1) is 9.52. The van der Waals surface area contributed by atoms with E-state index in [-0.39, 0.29) is 0 Å². The Morgan fingerprint density at radius 3 is 2.45 bits per heavy atom. The van der Waals surface area contributed by atoms with Crippen molar-refractivity contribution in [1.82, 2.24) is 5.32 Å². The Hall–Kier alpha value is -2.00. The van der Waals surface area contributed by atoms with Crippen LogP contribution in [0.15, 0.2) is 29.2 Å². The average Bonchev–Trinajstić information content (AvgIpc) is 2.40. The van der Waals surface area contributed by atoms with Gasteiger partial charge in [0.1, 0.15) is 5.40 Å². The summed E-state index contributed by atoms with van der Waals surface area (Å²) in [6.45, 7) is 4.59. The highest BCUT2D eigenvalue weighted by Gasteiger charge is 2.13. The standard InChI is InChI=1S/C14H17N3O2S/c1-10(2)7-8-16-13(18)14(19)17-11-3-5-12(6-4-11)20-9-15/h3-6,10H,7-8H2,1-2H3,(H,16,18)(H,17,19). The van der Waals surface area contributed by atoms with Gasteiger partial charge in [0.05, 0.1) is 0 Å². The summed E-state index contributed by atoms with van der Waals surface area (Å²) in [5.41, 5.74) is 0.524. The largest absolute Gasteiger partial charge is 0.348 e. The predicted octanol–water partition coefficient (Wildman–Crippen LogP) is 2.36. The van der Waals surface area contributed by atoms with Crippen molar-refractivity contribution in [2.24, 2.45) is 5.92 Å². The zero-order valence-corrected chi connectivity index (χ0v) is 12.3. The van der Waals surface area contributed by atoms with Crippen LogP contribution in [-0.4, -0.2) is 18.4 Å². The van der Waals surface area contributed by atoms with E-state index in [1.54, 1.807) is 24.3 Å². The van der Waals surface area contributed by atoms with Gasteiger partial charge in [-0.3, -0.25) is 9.59 Å². The third-order valence-corrected chi connectivity index (χ3v) is 3.09. The summed E-state index contributed by atoms with van der Waals surface area (Å²) in [5, 5.41) is 15.6. The van der Waals surface area contributed by atoms with Crippen LogP contribution in [0.2, 0.25) is 0 Å². The Labute approximate surface area is 122 Å². The number of nitrogens with one attached hydrogen (secondary N) is 2. The van der Waals surface area contributed by atoms with Gasteiger partial charge in [0.2, 0.25) is 0 Å². The van der Waals surface area contributed by atoms with Gasteiger partial charge in [0.15, 0.2) is 0 Å². The molecule has 0 saturated heterocycles. The zero-order chi connectivity index (χ0) is 15.0. The molecule has 0 atom stereocenters. The summed E-state index contributed by atoms with van der Waals surface area (Å²) in [6.07, 6.45) is 0.832. The van der Waals surface area contributed by atoms with Crippen molar-refractivity contribution in [3.63, 3.8) is 0 Å². The molecular formula is C14H17N3O2S. The van der Waals surface area contributed by atoms with Crippen LogP contribution in [0.25, 0.3) is 0 Å². The summed E-state index contributed by atoms with van der Waals surface area (Å²) in [7, 11) is 0. The van der Waals surface area contributed by atoms with Gasteiger partial charge >= 0.3 is 11.8 Å². The molecule has 1 aromatic carbocycles. The lowest BCUT2D eigenvalue weighted by Crippen LogP contribution is -2.36. The first-order valence-electron chi connectivity index (χ1n) is 6.28. The molecule has 5 nitrogen and oxygen atoms in total. The van der Waals surface area contributed by atoms with Gasteiger partial charge in [-0.2, -0.15) is 5.26 Å². The van der Waals surface area contributed by atoms with E-state index < -0.39 is 11.8 Å². The number of anilines is 1. The van der Waals surface area contributed by atoms with Crippen molar-refractivity contribution in [3.8, 4) is 5.40 Å². The van der Waals surface area contributed by atoms with E-state index in [9.17, 15) is 9.59 Å². The Morgan fingerprint density at radius 1 is 1.25 bits per heavy atom. The van der Waals surface area contributed by atoms with E-state index >= 15 is 0 Å². The molecule has 0 aliphatic heterocycles. The molecule has 0 bridgehead atoms. The number of nitriles is 1. The maximum absolute atomic E-state index is 11.6. The Kier molecular flexibility index (Phi) is 6.60. The number of amides is 2. The number of carbonyl (C=O) groups is 2. The molecule has 0 spiro atoms. The van der Waals surface area contributed by atoms with E-state index in [1.165, 1.54) is 0 Å². The molecule has 0 fully saturated rings. The van der Waals surface area contributed by atoms with Crippen LogP contribution in [-0.2, 0) is 9.59 Å². The third-order valence-electron chi connectivity index (χ3n) is 2.49. The first kappa shape index (κ1) is 16.1. The molecular weight excluding hydrogens is 274 g/mol. The number of thiocyanates is 1. The zero-order valence-electron chi connectivity index (χ0n) is 11.5. The SMILES string of the molecule is CC(C)CCNC(=O)C(=O)Nc1ccc(SC#N)cc1. The highest BCUT2D eigenvalue weighted by Crippen LogP contribution is 2.18. The minimum absolute atomic E-state index is 0.475. The van der Waals surface area contributed by atoms with Crippen LogP contribution in [0.3, 0.4) is 0 Å². The monoisotopic (exact) mass is 291 g/mol. The number of carbonyl (C=O) groups excluding carboxylic acids is 2. The molecule has 2 N–H and O–H groups in total. The number of thioether (sulfide) groups is 1. The first-order valence-corrected chi connectivity index (χ1v) is 7.09. The van der Waals surface area contributed by atoms with Crippen LogP contribution in [0, 0.1) is 16.6 Å². The molecule has 0 aliphatic rings. The second kappa shape index (κ2) is 8.23. The summed E-state index contributed by atoms with van der Waals surface area (Å²) in [5.74, 6) is -0.848. The van der Waals surface area contributed by atoms with Gasteiger partial charge in [-0.25, -0.2) is 0 Å². The van der Waals surface area contributed by atoms with Gasteiger partial charge in [0.25, 0.3) is 0 Å². The van der Waals surface area contributed by atoms with Crippen molar-refractivity contribution in [3.05, 3.63) is 24.3 Å². The molecule has 2 amide bonds. The fourth-order valence-corrected chi connectivity index (χ4v) is 1.78. The van der Waals surface area contributed by atoms with E-state index in [0.29, 0.717) is 18.2 Å². The van der Waals surface area contributed by atoms with Crippen molar-refractivity contribution in [2.45, 2.75) is 25.2 Å². The third kappa shape index (κ3) is 5.76. The van der Waals surface area contributed by atoms with Crippen molar-refractivity contribution >= 4 is 29.3 Å². The number of benzene rings is 1. The fourth-order valence-electron chi connectivity index (χ4n) is 1.40. The number of hydrogen-bond acceptors (Lipinski definition) is 4. The molecule has 1 aromatic rings. The van der Waals surface area contributed by atoms with Gasteiger partial charge < -0.3 is 10.6 Å². The Bertz CT molecular complexity index is 506. The summed E-state index contributed by atoms with van der Waals surface area (Å²) in [6, 6.07) is 6.72. The minimum Gasteiger partial charge on any atom is -0.348 e. The smallest absolute Gasteiger partial charge is 0.313 e. The maximum Gasteiger partial charge on any atom is 0.313 e. The van der Waals surface area contributed by atoms with E-state index in [4.69, 9.17) is 5.26 Å². The molecule has 0 saturated carbocycles. The highest BCUT2D eigenvalue weighted by molar-refractivity contribution is 8.03. The van der Waals surface area contributed by atoms with Crippen LogP contribution >= 0.6 is 11.8 Å². The van der Waals surface area contributed by atoms with Crippen molar-refractivity contribution in [1.29, 1.82) is 5.26 Å². The molecule has 6 heteroatoms. The lowest BCUT2D eigenvalue weighted by atomic mass is 10.1. The topological polar surface area (TPSA) is 82.0 Å². The van der Waals surface area contributed by atoms with Gasteiger partial charge in [0, 0.05) is 17.1 Å². The normalized spacial score (nSPS) is 9.90. The summed E-state index contributed by atoms with van der Waals surface area (Å²) < 4.78 is 0. The number of rotatable bonds is 5. The summed E-state index contributed by atoms with van der Waals surface area (Å²) in [4.78, 5) is 23.9. The van der Waals surface area contributed by atoms with E-state index in [0.717, 1.165) is 23.1 Å². The Balaban J connectivity index is 2.45. The molecule has 0 radical (unpaired) electrons. The van der Waals surface area contributed by atoms with Gasteiger partial charge in [-0.1, -0.05) is 13.8 Å². The quantitative estimate of drug-likeness (QED) is 0.495. The Morgan fingerprint density at radius 2 is 1.90 bits per heavy atom. The van der Waals surface area contributed by atoms with Gasteiger partial charge in [-0.05, 0) is 48.4 Å². The number of nitrogens with zero attached hydrogens (tertiary/aromatic N) is 1. The fraction of sp³-hybridized carbons (Fsp3) is 0.357. The second-order valence-corrected chi connectivity index (χ2v) is 5.47. The molecule has 0 unspecified atom stereocenters. The van der Waals surface area contributed by atoms with Gasteiger partial charge in [-0.15, -0.1) is 0 Å². The molecule has 0 aromatic heterocycles. The average molecular weight is 291 g/mol. The molecule has 106 valence electrons. The summed E-state index contributed by atoms with van der Waals surface area (Å²) >= 11 is 1.04. The van der Waals surface area contributed by atoms with E-state index in [1.807, 2.05) is 19.2 Å². The van der Waals surface area contributed by atoms with Crippen LogP contribution in [0.1, 0.15) is 20.3 Å². The highest BCUT2D eigenvalue weighted by atomic mass is 32.2. The lowest BCUT2D eigenvalue weighted by Gasteiger charge is -2.08. The molecule has 20 heavy (non-hydrogen) atoms.